The van der Waals surface area contributed by atoms with E-state index >= 15 is 0 Å². The highest BCUT2D eigenvalue weighted by molar-refractivity contribution is 7.98. The molecule has 0 amide bonds. The van der Waals surface area contributed by atoms with E-state index in [1.165, 1.54) is 7.11 Å². The molecule has 0 atom stereocenters. The summed E-state index contributed by atoms with van der Waals surface area (Å²) >= 11 is 7.70. The lowest BCUT2D eigenvalue weighted by atomic mass is 10.2. The molecule has 2 N–H and O–H groups in total. The molecule has 3 nitrogen and oxygen atoms in total. The lowest BCUT2D eigenvalue weighted by molar-refractivity contribution is 0.0601. The fraction of sp³-hybridized carbons (Fsp3) is 0.133. The van der Waals surface area contributed by atoms with E-state index in [1.54, 1.807) is 23.9 Å². The van der Waals surface area contributed by atoms with Gasteiger partial charge in [-0.25, -0.2) is 4.79 Å². The maximum absolute atomic E-state index is 11.6. The van der Waals surface area contributed by atoms with Crippen LogP contribution in [0.1, 0.15) is 15.9 Å². The Balaban J connectivity index is 2.14. The Morgan fingerprint density at radius 3 is 2.75 bits per heavy atom. The summed E-state index contributed by atoms with van der Waals surface area (Å²) in [4.78, 5) is 12.5. The van der Waals surface area contributed by atoms with E-state index in [9.17, 15) is 4.79 Å². The van der Waals surface area contributed by atoms with Crippen molar-refractivity contribution in [3.05, 3.63) is 58.6 Å². The van der Waals surface area contributed by atoms with Crippen molar-refractivity contribution >= 4 is 35.0 Å². The van der Waals surface area contributed by atoms with E-state index in [0.29, 0.717) is 11.3 Å². The van der Waals surface area contributed by atoms with Crippen molar-refractivity contribution in [2.45, 2.75) is 10.6 Å². The van der Waals surface area contributed by atoms with Crippen molar-refractivity contribution in [3.8, 4) is 0 Å². The highest BCUT2D eigenvalue weighted by atomic mass is 35.5. The van der Waals surface area contributed by atoms with Crippen molar-refractivity contribution in [1.29, 1.82) is 0 Å². The van der Waals surface area contributed by atoms with Crippen molar-refractivity contribution in [2.24, 2.45) is 0 Å². The van der Waals surface area contributed by atoms with E-state index in [4.69, 9.17) is 22.1 Å². The Morgan fingerprint density at radius 2 is 2.05 bits per heavy atom. The summed E-state index contributed by atoms with van der Waals surface area (Å²) in [5.41, 5.74) is 7.62. The Hall–Kier alpha value is -1.65. The lowest BCUT2D eigenvalue weighted by Crippen LogP contribution is -2.05. The predicted molar refractivity (Wildman–Crippen MR) is 83.2 cm³/mol. The zero-order valence-electron chi connectivity index (χ0n) is 10.9. The standard InChI is InChI=1S/C15H14ClNO2S/c1-19-15(18)12-8-11(6-7-14(12)17)20-9-10-4-2-3-5-13(10)16/h2-8H,9,17H2,1H3. The SMILES string of the molecule is COC(=O)c1cc(SCc2ccccc2Cl)ccc1N. The molecular formula is C15H14ClNO2S. The first kappa shape index (κ1) is 14.8. The number of esters is 1. The summed E-state index contributed by atoms with van der Waals surface area (Å²) in [6.07, 6.45) is 0. The van der Waals surface area contributed by atoms with E-state index in [-0.39, 0.29) is 0 Å². The van der Waals surface area contributed by atoms with Crippen molar-refractivity contribution in [2.75, 3.05) is 12.8 Å². The molecule has 5 heteroatoms. The second-order valence-electron chi connectivity index (χ2n) is 4.12. The van der Waals surface area contributed by atoms with Crippen LogP contribution in [0.15, 0.2) is 47.4 Å². The number of rotatable bonds is 4. The number of thioether (sulfide) groups is 1. The molecule has 0 aromatic heterocycles. The minimum absolute atomic E-state index is 0.386. The smallest absolute Gasteiger partial charge is 0.339 e. The molecule has 0 aliphatic rings. The van der Waals surface area contributed by atoms with Crippen LogP contribution in [0.3, 0.4) is 0 Å². The van der Waals surface area contributed by atoms with Crippen LogP contribution in [0.25, 0.3) is 0 Å². The number of ether oxygens (including phenoxy) is 1. The molecule has 0 radical (unpaired) electrons. The van der Waals surface area contributed by atoms with Gasteiger partial charge in [-0.05, 0) is 29.8 Å². The second kappa shape index (κ2) is 6.68. The topological polar surface area (TPSA) is 52.3 Å². The highest BCUT2D eigenvalue weighted by Gasteiger charge is 2.11. The second-order valence-corrected chi connectivity index (χ2v) is 5.58. The van der Waals surface area contributed by atoms with Gasteiger partial charge in [0, 0.05) is 21.4 Å². The molecule has 104 valence electrons. The fourth-order valence-electron chi connectivity index (χ4n) is 1.69. The zero-order valence-corrected chi connectivity index (χ0v) is 12.5. The predicted octanol–water partition coefficient (Wildman–Crippen LogP) is 4.00. The van der Waals surface area contributed by atoms with Crippen molar-refractivity contribution in [1.82, 2.24) is 0 Å². The van der Waals surface area contributed by atoms with E-state index in [1.807, 2.05) is 30.3 Å². The summed E-state index contributed by atoms with van der Waals surface area (Å²) in [6.45, 7) is 0. The molecule has 0 fully saturated rings. The molecule has 0 unspecified atom stereocenters. The number of nitrogen functional groups attached to an aromatic ring is 1. The number of methoxy groups -OCH3 is 1. The number of hydrogen-bond acceptors (Lipinski definition) is 4. The molecular weight excluding hydrogens is 294 g/mol. The number of anilines is 1. The van der Waals surface area contributed by atoms with Gasteiger partial charge in [0.2, 0.25) is 0 Å². The summed E-state index contributed by atoms with van der Waals surface area (Å²) in [5.74, 6) is 0.298. The zero-order chi connectivity index (χ0) is 14.5. The van der Waals surface area contributed by atoms with Gasteiger partial charge in [-0.2, -0.15) is 0 Å². The van der Waals surface area contributed by atoms with E-state index in [2.05, 4.69) is 0 Å². The highest BCUT2D eigenvalue weighted by Crippen LogP contribution is 2.28. The largest absolute Gasteiger partial charge is 0.465 e. The molecule has 0 heterocycles. The third-order valence-corrected chi connectivity index (χ3v) is 4.19. The quantitative estimate of drug-likeness (QED) is 0.527. The lowest BCUT2D eigenvalue weighted by Gasteiger charge is -2.08. The summed E-state index contributed by atoms with van der Waals surface area (Å²) in [6, 6.07) is 13.0. The minimum atomic E-state index is -0.428. The van der Waals surface area contributed by atoms with Gasteiger partial charge in [-0.3, -0.25) is 0 Å². The molecule has 0 aliphatic carbocycles. The molecule has 20 heavy (non-hydrogen) atoms. The number of halogens is 1. The monoisotopic (exact) mass is 307 g/mol. The van der Waals surface area contributed by atoms with Crippen LogP contribution in [0, 0.1) is 0 Å². The first-order valence-corrected chi connectivity index (χ1v) is 7.32. The molecule has 0 spiro atoms. The maximum atomic E-state index is 11.6. The minimum Gasteiger partial charge on any atom is -0.465 e. The van der Waals surface area contributed by atoms with Crippen LogP contribution in [0.2, 0.25) is 5.02 Å². The number of benzene rings is 2. The van der Waals surface area contributed by atoms with Crippen LogP contribution in [0.5, 0.6) is 0 Å². The van der Waals surface area contributed by atoms with Crippen LogP contribution in [0.4, 0.5) is 5.69 Å². The Morgan fingerprint density at radius 1 is 1.30 bits per heavy atom. The summed E-state index contributed by atoms with van der Waals surface area (Å²) in [7, 11) is 1.34. The van der Waals surface area contributed by atoms with Crippen LogP contribution >= 0.6 is 23.4 Å². The average molecular weight is 308 g/mol. The molecule has 0 aliphatic heterocycles. The van der Waals surface area contributed by atoms with Crippen molar-refractivity contribution in [3.63, 3.8) is 0 Å². The van der Waals surface area contributed by atoms with E-state index in [0.717, 1.165) is 21.2 Å². The first-order valence-electron chi connectivity index (χ1n) is 5.96. The van der Waals surface area contributed by atoms with Gasteiger partial charge in [-0.1, -0.05) is 29.8 Å². The molecule has 2 aromatic carbocycles. The summed E-state index contributed by atoms with van der Waals surface area (Å²) in [5, 5.41) is 0.739. The number of nitrogens with two attached hydrogens (primary N) is 1. The summed E-state index contributed by atoms with van der Waals surface area (Å²) < 4.78 is 4.70. The maximum Gasteiger partial charge on any atom is 0.339 e. The van der Waals surface area contributed by atoms with Gasteiger partial charge < -0.3 is 10.5 Å². The van der Waals surface area contributed by atoms with Gasteiger partial charge in [0.05, 0.1) is 12.7 Å². The number of carbonyl (C=O) groups is 1. The molecule has 0 saturated carbocycles. The van der Waals surface area contributed by atoms with Crippen molar-refractivity contribution < 1.29 is 9.53 Å². The molecule has 2 rings (SSSR count). The molecule has 2 aromatic rings. The third-order valence-electron chi connectivity index (χ3n) is 2.78. The van der Waals surface area contributed by atoms with Gasteiger partial charge >= 0.3 is 5.97 Å². The van der Waals surface area contributed by atoms with Crippen LogP contribution in [-0.4, -0.2) is 13.1 Å². The van der Waals surface area contributed by atoms with Gasteiger partial charge in [0.1, 0.15) is 0 Å². The van der Waals surface area contributed by atoms with Gasteiger partial charge in [-0.15, -0.1) is 11.8 Å². The van der Waals surface area contributed by atoms with E-state index < -0.39 is 5.97 Å². The van der Waals surface area contributed by atoms with Crippen LogP contribution in [-0.2, 0) is 10.5 Å². The Labute approximate surface area is 127 Å². The first-order chi connectivity index (χ1) is 9.61. The fourth-order valence-corrected chi connectivity index (χ4v) is 2.91. The van der Waals surface area contributed by atoms with Crippen LogP contribution < -0.4 is 5.73 Å². The van der Waals surface area contributed by atoms with Gasteiger partial charge in [0.25, 0.3) is 0 Å². The Kier molecular flexibility index (Phi) is 4.93. The normalized spacial score (nSPS) is 10.3. The average Bonchev–Trinajstić information content (AvgIpc) is 2.47. The van der Waals surface area contributed by atoms with Gasteiger partial charge in [0.15, 0.2) is 0 Å². The number of carbonyl (C=O) groups excluding carboxylic acids is 1. The Bertz CT molecular complexity index is 631. The third kappa shape index (κ3) is 3.46. The molecule has 0 saturated heterocycles. The number of hydrogen-bond donors (Lipinski definition) is 1. The molecule has 0 bridgehead atoms.